The van der Waals surface area contributed by atoms with Crippen molar-refractivity contribution in [1.29, 1.82) is 0 Å². The number of carbonyl (C=O) groups is 1. The van der Waals surface area contributed by atoms with E-state index in [9.17, 15) is 4.79 Å². The molecule has 4 heteroatoms. The quantitative estimate of drug-likeness (QED) is 0.0624. The lowest BCUT2D eigenvalue weighted by molar-refractivity contribution is 0.0734. The zero-order valence-electron chi connectivity index (χ0n) is 28.9. The first-order chi connectivity index (χ1) is 23.1. The maximum Gasteiger partial charge on any atom is 0.343 e. The summed E-state index contributed by atoms with van der Waals surface area (Å²) in [4.78, 5) is 12.7. The second-order valence-corrected chi connectivity index (χ2v) is 13.3. The predicted octanol–water partition coefficient (Wildman–Crippen LogP) is 12.4. The molecule has 1 saturated carbocycles. The van der Waals surface area contributed by atoms with Crippen molar-refractivity contribution in [1.82, 2.24) is 0 Å². The third-order valence-corrected chi connectivity index (χ3v) is 9.66. The lowest BCUT2D eigenvalue weighted by atomic mass is 9.77. The van der Waals surface area contributed by atoms with Gasteiger partial charge in [0.05, 0.1) is 18.8 Å². The summed E-state index contributed by atoms with van der Waals surface area (Å²) in [6.45, 7) is 7.55. The summed E-state index contributed by atoms with van der Waals surface area (Å²) in [6, 6.07) is 23.6. The van der Waals surface area contributed by atoms with Crippen molar-refractivity contribution in [2.75, 3.05) is 13.2 Å². The van der Waals surface area contributed by atoms with E-state index in [2.05, 4.69) is 25.6 Å². The van der Waals surface area contributed by atoms with Crippen molar-refractivity contribution >= 4 is 12.0 Å². The van der Waals surface area contributed by atoms with Gasteiger partial charge in [-0.2, -0.15) is 0 Å². The molecule has 0 bridgehead atoms. The highest BCUT2D eigenvalue weighted by molar-refractivity contribution is 5.91. The Morgan fingerprint density at radius 1 is 0.638 bits per heavy atom. The fourth-order valence-electron chi connectivity index (χ4n) is 6.65. The summed E-state index contributed by atoms with van der Waals surface area (Å²) < 4.78 is 17.4. The van der Waals surface area contributed by atoms with Crippen LogP contribution in [0.1, 0.15) is 143 Å². The normalized spacial score (nSPS) is 16.0. The SMILES string of the molecule is C=Cc1ccc(OCCCCCCCCCCCOc2ccc(C(=O)Oc3ccc(C4CCC(CCCCC)CC4)cc3)cc2)cc1. The van der Waals surface area contributed by atoms with Gasteiger partial charge in [-0.3, -0.25) is 0 Å². The van der Waals surface area contributed by atoms with Gasteiger partial charge >= 0.3 is 5.97 Å². The van der Waals surface area contributed by atoms with Crippen LogP contribution in [0.25, 0.3) is 6.08 Å². The number of unbranched alkanes of at least 4 members (excludes halogenated alkanes) is 10. The van der Waals surface area contributed by atoms with Crippen LogP contribution < -0.4 is 14.2 Å². The fraction of sp³-hybridized carbons (Fsp3) is 0.512. The molecule has 0 aromatic heterocycles. The molecule has 0 N–H and O–H groups in total. The van der Waals surface area contributed by atoms with Gasteiger partial charge in [0.2, 0.25) is 0 Å². The van der Waals surface area contributed by atoms with Crippen LogP contribution in [0.2, 0.25) is 0 Å². The first-order valence-corrected chi connectivity index (χ1v) is 18.5. The summed E-state index contributed by atoms with van der Waals surface area (Å²) in [6.07, 6.45) is 23.5. The third-order valence-electron chi connectivity index (χ3n) is 9.66. The molecular weight excluding hydrogens is 580 g/mol. The second-order valence-electron chi connectivity index (χ2n) is 13.3. The van der Waals surface area contributed by atoms with E-state index in [-0.39, 0.29) is 5.97 Å². The van der Waals surface area contributed by atoms with Gasteiger partial charge in [-0.25, -0.2) is 4.79 Å². The summed E-state index contributed by atoms with van der Waals surface area (Å²) >= 11 is 0. The molecule has 1 fully saturated rings. The summed E-state index contributed by atoms with van der Waals surface area (Å²) in [5.74, 6) is 3.55. The molecule has 0 radical (unpaired) electrons. The first kappa shape index (κ1) is 36.3. The molecule has 1 aliphatic rings. The highest BCUT2D eigenvalue weighted by Gasteiger charge is 2.22. The van der Waals surface area contributed by atoms with Crippen molar-refractivity contribution in [3.63, 3.8) is 0 Å². The van der Waals surface area contributed by atoms with Crippen molar-refractivity contribution < 1.29 is 19.0 Å². The highest BCUT2D eigenvalue weighted by atomic mass is 16.5. The molecule has 3 aromatic carbocycles. The van der Waals surface area contributed by atoms with E-state index in [0.29, 0.717) is 23.8 Å². The Hall–Kier alpha value is -3.53. The van der Waals surface area contributed by atoms with Crippen LogP contribution in [0.3, 0.4) is 0 Å². The average Bonchev–Trinajstić information content (AvgIpc) is 3.11. The Balaban J connectivity index is 0.997. The van der Waals surface area contributed by atoms with Crippen LogP contribution in [0.5, 0.6) is 17.2 Å². The highest BCUT2D eigenvalue weighted by Crippen LogP contribution is 2.38. The smallest absolute Gasteiger partial charge is 0.343 e. The molecule has 0 saturated heterocycles. The Labute approximate surface area is 284 Å². The molecule has 254 valence electrons. The molecular formula is C43H58O4. The van der Waals surface area contributed by atoms with Gasteiger partial charge in [-0.15, -0.1) is 0 Å². The van der Waals surface area contributed by atoms with Crippen LogP contribution in [0.15, 0.2) is 79.4 Å². The largest absolute Gasteiger partial charge is 0.494 e. The molecule has 0 atom stereocenters. The second kappa shape index (κ2) is 21.4. The van der Waals surface area contributed by atoms with E-state index < -0.39 is 0 Å². The standard InChI is InChI=1S/C43H58O4/c1-3-5-13-16-36-17-21-37(22-18-36)38-23-31-42(32-24-38)47-43(44)39-25-29-41(30-26-39)46-34-15-12-10-8-6-7-9-11-14-33-45-40-27-19-35(4-2)20-28-40/h4,19-20,23-32,36-37H,2-3,5-18,21-22,33-34H2,1H3. The monoisotopic (exact) mass is 638 g/mol. The van der Waals surface area contributed by atoms with Crippen molar-refractivity contribution in [3.05, 3.63) is 96.1 Å². The van der Waals surface area contributed by atoms with Crippen molar-refractivity contribution in [2.24, 2.45) is 5.92 Å². The number of benzene rings is 3. The third kappa shape index (κ3) is 13.6. The minimum Gasteiger partial charge on any atom is -0.494 e. The lowest BCUT2D eigenvalue weighted by Crippen LogP contribution is -2.13. The summed E-state index contributed by atoms with van der Waals surface area (Å²) in [5.41, 5.74) is 3.03. The maximum atomic E-state index is 12.7. The average molecular weight is 639 g/mol. The Morgan fingerprint density at radius 3 is 1.68 bits per heavy atom. The fourth-order valence-corrected chi connectivity index (χ4v) is 6.65. The van der Waals surface area contributed by atoms with Crippen molar-refractivity contribution in [2.45, 2.75) is 122 Å². The van der Waals surface area contributed by atoms with Gasteiger partial charge in [-0.05, 0) is 110 Å². The number of hydrogen-bond acceptors (Lipinski definition) is 4. The van der Waals surface area contributed by atoms with Crippen LogP contribution >= 0.6 is 0 Å². The molecule has 0 amide bonds. The molecule has 47 heavy (non-hydrogen) atoms. The summed E-state index contributed by atoms with van der Waals surface area (Å²) in [7, 11) is 0. The van der Waals surface area contributed by atoms with Gasteiger partial charge in [-0.1, -0.05) is 114 Å². The molecule has 0 unspecified atom stereocenters. The Kier molecular flexibility index (Phi) is 16.5. The number of hydrogen-bond donors (Lipinski definition) is 0. The molecule has 1 aliphatic carbocycles. The molecule has 3 aromatic rings. The van der Waals surface area contributed by atoms with E-state index in [1.165, 1.54) is 102 Å². The van der Waals surface area contributed by atoms with Crippen LogP contribution in [0.4, 0.5) is 0 Å². The summed E-state index contributed by atoms with van der Waals surface area (Å²) in [5, 5.41) is 0. The first-order valence-electron chi connectivity index (χ1n) is 18.5. The van der Waals surface area contributed by atoms with Crippen LogP contribution in [0, 0.1) is 5.92 Å². The number of rotatable bonds is 22. The minimum absolute atomic E-state index is 0.333. The van der Waals surface area contributed by atoms with Gasteiger partial charge in [0.15, 0.2) is 0 Å². The van der Waals surface area contributed by atoms with E-state index in [4.69, 9.17) is 14.2 Å². The van der Waals surface area contributed by atoms with Crippen LogP contribution in [-0.4, -0.2) is 19.2 Å². The molecule has 0 spiro atoms. The van der Waals surface area contributed by atoms with Crippen molar-refractivity contribution in [3.8, 4) is 17.2 Å². The number of ether oxygens (including phenoxy) is 3. The zero-order valence-corrected chi connectivity index (χ0v) is 28.9. The maximum absolute atomic E-state index is 12.7. The van der Waals surface area contributed by atoms with E-state index in [1.54, 1.807) is 12.1 Å². The Bertz CT molecular complexity index is 1270. The zero-order chi connectivity index (χ0) is 32.9. The number of carbonyl (C=O) groups excluding carboxylic acids is 1. The predicted molar refractivity (Wildman–Crippen MR) is 196 cm³/mol. The number of esters is 1. The minimum atomic E-state index is -0.333. The van der Waals surface area contributed by atoms with E-state index in [1.807, 2.05) is 54.6 Å². The topological polar surface area (TPSA) is 44.8 Å². The lowest BCUT2D eigenvalue weighted by Gasteiger charge is -2.29. The van der Waals surface area contributed by atoms with Gasteiger partial charge in [0.1, 0.15) is 17.2 Å². The molecule has 0 heterocycles. The van der Waals surface area contributed by atoms with Gasteiger partial charge in [0.25, 0.3) is 0 Å². The molecule has 4 rings (SSSR count). The van der Waals surface area contributed by atoms with Gasteiger partial charge in [0, 0.05) is 0 Å². The molecule has 4 nitrogen and oxygen atoms in total. The van der Waals surface area contributed by atoms with Gasteiger partial charge < -0.3 is 14.2 Å². The Morgan fingerprint density at radius 2 is 1.15 bits per heavy atom. The van der Waals surface area contributed by atoms with E-state index >= 15 is 0 Å². The van der Waals surface area contributed by atoms with Crippen LogP contribution in [-0.2, 0) is 0 Å². The molecule has 0 aliphatic heterocycles. The van der Waals surface area contributed by atoms with E-state index in [0.717, 1.165) is 42.4 Å².